The van der Waals surface area contributed by atoms with E-state index in [1.807, 2.05) is 18.2 Å². The minimum atomic E-state index is -3.58. The van der Waals surface area contributed by atoms with Crippen LogP contribution in [-0.4, -0.2) is 19.7 Å². The molecule has 3 aromatic carbocycles. The second-order valence-corrected chi connectivity index (χ2v) is 8.71. The molecule has 7 heteroatoms. The second kappa shape index (κ2) is 7.58. The van der Waals surface area contributed by atoms with Gasteiger partial charge < -0.3 is 4.74 Å². The number of para-hydroxylation sites is 1. The molecular formula is C23H15FN2O3S. The van der Waals surface area contributed by atoms with Gasteiger partial charge in [-0.25, -0.2) is 12.8 Å². The third-order valence-corrected chi connectivity index (χ3v) is 5.64. The lowest BCUT2D eigenvalue weighted by Crippen LogP contribution is -1.98. The molecule has 4 aromatic rings. The Kier molecular flexibility index (Phi) is 4.94. The van der Waals surface area contributed by atoms with Gasteiger partial charge in [0.25, 0.3) is 0 Å². The Morgan fingerprint density at radius 3 is 2.57 bits per heavy atom. The second-order valence-electron chi connectivity index (χ2n) is 6.70. The van der Waals surface area contributed by atoms with Crippen molar-refractivity contribution >= 4 is 20.7 Å². The number of nitriles is 1. The summed E-state index contributed by atoms with van der Waals surface area (Å²) in [5.41, 5.74) is 2.76. The van der Waals surface area contributed by atoms with Crippen molar-refractivity contribution in [1.29, 1.82) is 5.26 Å². The van der Waals surface area contributed by atoms with Gasteiger partial charge in [0, 0.05) is 23.9 Å². The molecule has 0 radical (unpaired) electrons. The lowest BCUT2D eigenvalue weighted by molar-refractivity contribution is 0.474. The molecule has 0 amide bonds. The van der Waals surface area contributed by atoms with Crippen LogP contribution in [-0.2, 0) is 9.84 Å². The van der Waals surface area contributed by atoms with Crippen molar-refractivity contribution in [2.75, 3.05) is 6.26 Å². The van der Waals surface area contributed by atoms with Crippen molar-refractivity contribution in [3.8, 4) is 28.7 Å². The molecule has 30 heavy (non-hydrogen) atoms. The fourth-order valence-corrected chi connectivity index (χ4v) is 3.85. The molecule has 1 aromatic heterocycles. The van der Waals surface area contributed by atoms with Gasteiger partial charge in [0.2, 0.25) is 0 Å². The molecule has 0 aliphatic rings. The highest BCUT2D eigenvalue weighted by Crippen LogP contribution is 2.33. The Labute approximate surface area is 172 Å². The summed E-state index contributed by atoms with van der Waals surface area (Å²) in [4.78, 5) is 4.16. The van der Waals surface area contributed by atoms with Gasteiger partial charge >= 0.3 is 0 Å². The normalized spacial score (nSPS) is 11.2. The molecule has 148 valence electrons. The summed E-state index contributed by atoms with van der Waals surface area (Å²) in [5.74, 6) is -0.203. The van der Waals surface area contributed by atoms with Gasteiger partial charge in [0.1, 0.15) is 23.4 Å². The Bertz CT molecular complexity index is 1430. The number of aromatic nitrogens is 1. The molecule has 0 fully saturated rings. The summed E-state index contributed by atoms with van der Waals surface area (Å²) in [6.07, 6.45) is 2.65. The molecule has 0 bridgehead atoms. The topological polar surface area (TPSA) is 80.1 Å². The number of pyridine rings is 1. The average Bonchev–Trinajstić information content (AvgIpc) is 2.72. The number of halogens is 1. The molecule has 0 aliphatic carbocycles. The highest BCUT2D eigenvalue weighted by molar-refractivity contribution is 7.90. The molecule has 0 aliphatic heterocycles. The van der Waals surface area contributed by atoms with Crippen LogP contribution >= 0.6 is 0 Å². The van der Waals surface area contributed by atoms with Gasteiger partial charge in [-0.05, 0) is 47.5 Å². The minimum Gasteiger partial charge on any atom is -0.457 e. The van der Waals surface area contributed by atoms with Gasteiger partial charge in [-0.1, -0.05) is 24.3 Å². The minimum absolute atomic E-state index is 0.0823. The zero-order valence-electron chi connectivity index (χ0n) is 15.8. The first-order valence-electron chi connectivity index (χ1n) is 8.92. The van der Waals surface area contributed by atoms with Gasteiger partial charge in [-0.15, -0.1) is 0 Å². The summed E-state index contributed by atoms with van der Waals surface area (Å²) in [5, 5.41) is 10.1. The third-order valence-electron chi connectivity index (χ3n) is 4.55. The molecule has 0 saturated carbocycles. The van der Waals surface area contributed by atoms with Crippen LogP contribution in [0, 0.1) is 17.1 Å². The molecular weight excluding hydrogens is 403 g/mol. The number of hydrogen-bond donors (Lipinski definition) is 0. The number of ether oxygens (including phenoxy) is 1. The van der Waals surface area contributed by atoms with E-state index in [2.05, 4.69) is 11.1 Å². The fraction of sp³-hybridized carbons (Fsp3) is 0.0435. The van der Waals surface area contributed by atoms with E-state index in [4.69, 9.17) is 4.74 Å². The highest BCUT2D eigenvalue weighted by atomic mass is 32.2. The van der Waals surface area contributed by atoms with Crippen LogP contribution in [0.1, 0.15) is 5.56 Å². The summed E-state index contributed by atoms with van der Waals surface area (Å²) in [7, 11) is -3.58. The number of rotatable bonds is 4. The van der Waals surface area contributed by atoms with Crippen LogP contribution in [0.25, 0.3) is 22.0 Å². The van der Waals surface area contributed by atoms with Crippen molar-refractivity contribution in [1.82, 2.24) is 4.98 Å². The van der Waals surface area contributed by atoms with E-state index in [0.717, 1.165) is 34.9 Å². The SMILES string of the molecule is CS(=O)(=O)c1cc(F)cc(Oc2cccc(-c3ccnc4c(C#N)cccc34)c2)c1. The fourth-order valence-electron chi connectivity index (χ4n) is 3.19. The average molecular weight is 418 g/mol. The lowest BCUT2D eigenvalue weighted by atomic mass is 9.99. The number of fused-ring (bicyclic) bond motifs is 1. The van der Waals surface area contributed by atoms with E-state index in [0.29, 0.717) is 16.8 Å². The van der Waals surface area contributed by atoms with Crippen LogP contribution in [0.4, 0.5) is 4.39 Å². The maximum Gasteiger partial charge on any atom is 0.175 e. The predicted molar refractivity (Wildman–Crippen MR) is 111 cm³/mol. The van der Waals surface area contributed by atoms with Gasteiger partial charge in [0.05, 0.1) is 16.0 Å². The number of hydrogen-bond acceptors (Lipinski definition) is 5. The van der Waals surface area contributed by atoms with Gasteiger partial charge in [0.15, 0.2) is 9.84 Å². The van der Waals surface area contributed by atoms with E-state index < -0.39 is 15.7 Å². The van der Waals surface area contributed by atoms with Crippen LogP contribution in [0.5, 0.6) is 11.5 Å². The molecule has 1 heterocycles. The van der Waals surface area contributed by atoms with Gasteiger partial charge in [-0.3, -0.25) is 4.98 Å². The highest BCUT2D eigenvalue weighted by Gasteiger charge is 2.13. The summed E-state index contributed by atoms with van der Waals surface area (Å²) < 4.78 is 43.1. The van der Waals surface area contributed by atoms with E-state index >= 15 is 0 Å². The summed E-state index contributed by atoms with van der Waals surface area (Å²) in [6, 6.07) is 19.9. The Morgan fingerprint density at radius 1 is 1.00 bits per heavy atom. The number of benzene rings is 3. The number of sulfone groups is 1. The molecule has 0 N–H and O–H groups in total. The van der Waals surface area contributed by atoms with Crippen LogP contribution in [0.15, 0.2) is 77.8 Å². The lowest BCUT2D eigenvalue weighted by Gasteiger charge is -2.11. The Hall–Kier alpha value is -3.76. The zero-order chi connectivity index (χ0) is 21.3. The van der Waals surface area contributed by atoms with E-state index in [9.17, 15) is 18.1 Å². The zero-order valence-corrected chi connectivity index (χ0v) is 16.7. The predicted octanol–water partition coefficient (Wildman–Crippen LogP) is 5.11. The quantitative estimate of drug-likeness (QED) is 0.460. The van der Waals surface area contributed by atoms with Crippen molar-refractivity contribution in [3.63, 3.8) is 0 Å². The molecule has 0 atom stereocenters. The molecule has 5 nitrogen and oxygen atoms in total. The maximum atomic E-state index is 13.9. The molecule has 0 saturated heterocycles. The van der Waals surface area contributed by atoms with Crippen molar-refractivity contribution < 1.29 is 17.5 Å². The van der Waals surface area contributed by atoms with Crippen LogP contribution < -0.4 is 4.74 Å². The van der Waals surface area contributed by atoms with Crippen molar-refractivity contribution in [2.24, 2.45) is 0 Å². The largest absolute Gasteiger partial charge is 0.457 e. The van der Waals surface area contributed by atoms with Gasteiger partial charge in [-0.2, -0.15) is 5.26 Å². The Balaban J connectivity index is 1.76. The Morgan fingerprint density at radius 2 is 1.80 bits per heavy atom. The van der Waals surface area contributed by atoms with E-state index in [1.54, 1.807) is 36.5 Å². The number of nitrogens with zero attached hydrogens (tertiary/aromatic N) is 2. The summed E-state index contributed by atoms with van der Waals surface area (Å²) in [6.45, 7) is 0. The first kappa shape index (κ1) is 19.6. The molecule has 4 rings (SSSR count). The first-order valence-corrected chi connectivity index (χ1v) is 10.8. The monoisotopic (exact) mass is 418 g/mol. The van der Waals surface area contributed by atoms with E-state index in [-0.39, 0.29) is 10.6 Å². The smallest absolute Gasteiger partial charge is 0.175 e. The first-order chi connectivity index (χ1) is 14.3. The third kappa shape index (κ3) is 3.86. The molecule has 0 spiro atoms. The molecule has 0 unspecified atom stereocenters. The van der Waals surface area contributed by atoms with Crippen LogP contribution in [0.3, 0.4) is 0 Å². The van der Waals surface area contributed by atoms with Crippen molar-refractivity contribution in [2.45, 2.75) is 4.90 Å². The van der Waals surface area contributed by atoms with Crippen molar-refractivity contribution in [3.05, 3.63) is 84.3 Å². The van der Waals surface area contributed by atoms with E-state index in [1.165, 1.54) is 6.07 Å². The standard InChI is InChI=1S/C23H15FN2O3S/c1-30(27,28)20-12-17(24)11-19(13-20)29-18-6-2-4-15(10-18)21-8-9-26-23-16(14-25)5-3-7-22(21)23/h2-13H,1H3. The summed E-state index contributed by atoms with van der Waals surface area (Å²) >= 11 is 0. The maximum absolute atomic E-state index is 13.9. The van der Waals surface area contributed by atoms with Crippen LogP contribution in [0.2, 0.25) is 0 Å².